The molecule has 6 nitrogen and oxygen atoms in total. The predicted molar refractivity (Wildman–Crippen MR) is 174 cm³/mol. The maximum atomic E-state index is 13.4. The summed E-state index contributed by atoms with van der Waals surface area (Å²) in [6, 6.07) is 31.8. The van der Waals surface area contributed by atoms with E-state index in [2.05, 4.69) is 23.6 Å². The van der Waals surface area contributed by atoms with Crippen molar-refractivity contribution in [1.82, 2.24) is 4.57 Å². The van der Waals surface area contributed by atoms with Crippen LogP contribution in [0.2, 0.25) is 0 Å². The molecule has 6 rings (SSSR count). The fourth-order valence-corrected chi connectivity index (χ4v) is 6.56. The van der Waals surface area contributed by atoms with Gasteiger partial charge in [0, 0.05) is 36.8 Å². The van der Waals surface area contributed by atoms with Crippen LogP contribution in [0.1, 0.15) is 49.0 Å². The number of aryl methyl sites for hydroxylation is 1. The average Bonchev–Trinajstić information content (AvgIpc) is 3.58. The fourth-order valence-electron chi connectivity index (χ4n) is 5.43. The molecule has 2 heterocycles. The lowest BCUT2D eigenvalue weighted by Gasteiger charge is -2.30. The van der Waals surface area contributed by atoms with Gasteiger partial charge in [-0.25, -0.2) is 5.01 Å². The number of benzene rings is 3. The van der Waals surface area contributed by atoms with Gasteiger partial charge in [-0.1, -0.05) is 85.4 Å². The van der Waals surface area contributed by atoms with Crippen molar-refractivity contribution < 1.29 is 14.5 Å². The van der Waals surface area contributed by atoms with Crippen LogP contribution in [0.25, 0.3) is 21.9 Å². The minimum absolute atomic E-state index is 0.208. The molecule has 0 amide bonds. The molecule has 0 unspecified atom stereocenters. The second-order valence-electron chi connectivity index (χ2n) is 10.6. The highest BCUT2D eigenvalue weighted by Crippen LogP contribution is 2.37. The first kappa shape index (κ1) is 28.4. The number of thiazole rings is 1. The monoisotopic (exact) mass is 586 g/mol. The van der Waals surface area contributed by atoms with Gasteiger partial charge in [-0.05, 0) is 48.9 Å². The largest absolute Gasteiger partial charge is 0.871 e. The Hall–Kier alpha value is -4.75. The van der Waals surface area contributed by atoms with E-state index in [-0.39, 0.29) is 22.7 Å². The number of carbonyl (C=O) groups is 1. The molecule has 0 atom stereocenters. The number of anilines is 2. The minimum atomic E-state index is -0.208. The number of nitrogens with zero attached hydrogens (tertiary/aromatic N) is 4. The molecule has 216 valence electrons. The summed E-state index contributed by atoms with van der Waals surface area (Å²) in [7, 11) is 1.86. The van der Waals surface area contributed by atoms with Gasteiger partial charge in [0.15, 0.2) is 12.3 Å². The molecular formula is C36H34N4O2S. The Balaban J connectivity index is 1.29. The highest BCUT2D eigenvalue weighted by Gasteiger charge is 2.32. The van der Waals surface area contributed by atoms with Crippen molar-refractivity contribution in [2.45, 2.75) is 39.2 Å². The summed E-state index contributed by atoms with van der Waals surface area (Å²) in [4.78, 5) is 13.4. The minimum Gasteiger partial charge on any atom is -0.871 e. The second-order valence-corrected chi connectivity index (χ2v) is 11.7. The van der Waals surface area contributed by atoms with E-state index in [4.69, 9.17) is 5.10 Å². The lowest BCUT2D eigenvalue weighted by atomic mass is 9.86. The lowest BCUT2D eigenvalue weighted by Crippen LogP contribution is -2.36. The quantitative estimate of drug-likeness (QED) is 0.0550. The van der Waals surface area contributed by atoms with Crippen LogP contribution >= 0.6 is 11.3 Å². The van der Waals surface area contributed by atoms with Gasteiger partial charge in [0.05, 0.1) is 29.0 Å². The average molecular weight is 587 g/mol. The van der Waals surface area contributed by atoms with Crippen molar-refractivity contribution in [3.8, 4) is 0 Å². The van der Waals surface area contributed by atoms with E-state index in [0.29, 0.717) is 5.69 Å². The van der Waals surface area contributed by atoms with Crippen LogP contribution in [-0.4, -0.2) is 16.6 Å². The van der Waals surface area contributed by atoms with Gasteiger partial charge in [-0.3, -0.25) is 4.79 Å². The Morgan fingerprint density at radius 3 is 2.23 bits per heavy atom. The molecule has 0 saturated carbocycles. The van der Waals surface area contributed by atoms with Crippen LogP contribution in [0.5, 0.6) is 0 Å². The zero-order valence-electron chi connectivity index (χ0n) is 24.4. The molecule has 0 radical (unpaired) electrons. The third kappa shape index (κ3) is 5.68. The number of hydrazone groups is 1. The number of para-hydroxylation sites is 3. The molecule has 0 saturated heterocycles. The Bertz CT molecular complexity index is 1810. The van der Waals surface area contributed by atoms with E-state index in [1.165, 1.54) is 12.8 Å². The normalized spacial score (nSPS) is 14.3. The molecular weight excluding hydrogens is 552 g/mol. The van der Waals surface area contributed by atoms with Gasteiger partial charge in [-0.15, -0.1) is 0 Å². The van der Waals surface area contributed by atoms with E-state index in [1.807, 2.05) is 102 Å². The summed E-state index contributed by atoms with van der Waals surface area (Å²) >= 11 is 1.62. The lowest BCUT2D eigenvalue weighted by molar-refractivity contribution is -0.669. The molecule has 7 heteroatoms. The molecule has 0 aliphatic heterocycles. The maximum Gasteiger partial charge on any atom is 0.263 e. The van der Waals surface area contributed by atoms with Crippen LogP contribution in [0.3, 0.4) is 0 Å². The number of hydrogen-bond donors (Lipinski definition) is 0. The first-order valence-corrected chi connectivity index (χ1v) is 15.6. The summed E-state index contributed by atoms with van der Waals surface area (Å²) in [5.41, 5.74) is 4.86. The van der Waals surface area contributed by atoms with Gasteiger partial charge < -0.3 is 9.67 Å². The summed E-state index contributed by atoms with van der Waals surface area (Å²) in [5.74, 6) is -0.417. The zero-order chi connectivity index (χ0) is 29.8. The van der Waals surface area contributed by atoms with Crippen LogP contribution in [-0.2, 0) is 18.4 Å². The fraction of sp³-hybridized carbons (Fsp3) is 0.194. The smallest absolute Gasteiger partial charge is 0.263 e. The number of allylic oxidation sites excluding steroid dienone is 2. The number of rotatable bonds is 11. The first-order chi connectivity index (χ1) is 21.1. The van der Waals surface area contributed by atoms with Crippen molar-refractivity contribution in [2.75, 3.05) is 5.01 Å². The van der Waals surface area contributed by atoms with Gasteiger partial charge >= 0.3 is 0 Å². The summed E-state index contributed by atoms with van der Waals surface area (Å²) in [6.45, 7) is 3.07. The maximum absolute atomic E-state index is 13.4. The van der Waals surface area contributed by atoms with Gasteiger partial charge in [0.2, 0.25) is 5.52 Å². The molecule has 1 aliphatic rings. The Morgan fingerprint density at radius 1 is 0.884 bits per heavy atom. The molecule has 2 aromatic heterocycles. The Labute approximate surface area is 256 Å². The van der Waals surface area contributed by atoms with E-state index in [9.17, 15) is 9.90 Å². The molecule has 43 heavy (non-hydrogen) atoms. The first-order valence-electron chi connectivity index (χ1n) is 14.8. The Kier molecular flexibility index (Phi) is 8.34. The van der Waals surface area contributed by atoms with E-state index in [1.54, 1.807) is 23.6 Å². The number of unbranched alkanes of at least 4 members (excludes halogenated alkanes) is 3. The van der Waals surface area contributed by atoms with E-state index < -0.39 is 0 Å². The third-order valence-corrected chi connectivity index (χ3v) is 8.92. The standard InChI is InChI=1S/C36H34N4O2S/c1-3-4-5-14-23-39-30-19-12-13-20-32(30)43-33(39)24-29-35(41)34(36(29)42)31-22-21-28(38(31)2)25-37-40(26-15-8-6-9-16-26)27-17-10-7-11-18-27/h6-13,15-22,24-25H,3-5,14,23H2,1-2H3. The molecule has 0 bridgehead atoms. The topological polar surface area (TPSA) is 64.5 Å². The highest BCUT2D eigenvalue weighted by molar-refractivity contribution is 7.18. The van der Waals surface area contributed by atoms with Gasteiger partial charge in [-0.2, -0.15) is 9.67 Å². The van der Waals surface area contributed by atoms with Crippen molar-refractivity contribution in [1.29, 1.82) is 0 Å². The van der Waals surface area contributed by atoms with Gasteiger partial charge in [0.1, 0.15) is 4.70 Å². The second kappa shape index (κ2) is 12.6. The van der Waals surface area contributed by atoms with Crippen molar-refractivity contribution >= 4 is 56.6 Å². The molecule has 5 aromatic rings. The summed E-state index contributed by atoms with van der Waals surface area (Å²) in [6.07, 6.45) is 8.16. The molecule has 3 aromatic carbocycles. The molecule has 0 spiro atoms. The molecule has 0 N–H and O–H groups in total. The van der Waals surface area contributed by atoms with Crippen molar-refractivity contribution in [3.63, 3.8) is 0 Å². The highest BCUT2D eigenvalue weighted by atomic mass is 32.1. The van der Waals surface area contributed by atoms with Gasteiger partial charge in [0.25, 0.3) is 5.01 Å². The van der Waals surface area contributed by atoms with Crippen LogP contribution in [0, 0.1) is 0 Å². The number of fused-ring (bicyclic) bond motifs is 1. The number of hydrogen-bond acceptors (Lipinski definition) is 5. The van der Waals surface area contributed by atoms with E-state index >= 15 is 0 Å². The predicted octanol–water partition coefficient (Wildman–Crippen LogP) is 7.02. The van der Waals surface area contributed by atoms with Crippen molar-refractivity contribution in [2.24, 2.45) is 12.1 Å². The molecule has 0 fully saturated rings. The summed E-state index contributed by atoms with van der Waals surface area (Å²) in [5, 5.41) is 21.0. The summed E-state index contributed by atoms with van der Waals surface area (Å²) < 4.78 is 5.26. The number of ketones is 1. The van der Waals surface area contributed by atoms with Crippen molar-refractivity contribution in [3.05, 3.63) is 125 Å². The van der Waals surface area contributed by atoms with Crippen LogP contribution < -0.4 is 14.7 Å². The number of aromatic nitrogens is 2. The van der Waals surface area contributed by atoms with Crippen LogP contribution in [0.15, 0.2) is 113 Å². The third-order valence-electron chi connectivity index (χ3n) is 7.81. The zero-order valence-corrected chi connectivity index (χ0v) is 25.3. The van der Waals surface area contributed by atoms with Crippen LogP contribution in [0.4, 0.5) is 11.4 Å². The molecule has 1 aliphatic carbocycles. The van der Waals surface area contributed by atoms with E-state index in [0.717, 1.165) is 51.7 Å². The Morgan fingerprint density at radius 2 is 1.56 bits per heavy atom. The SMILES string of the molecule is CCCCCC[n+]1c(/C=C2\C(=O)C(c3ccc(/C=N/N(c4ccccc4)c4ccccc4)n3C)=C2[O-])sc2ccccc21. The number of carbonyl (C=O) groups excluding carboxylic acids is 1. The number of Topliss-reactive ketones (excluding diaryl/α,β-unsaturated/α-hetero) is 1.